The van der Waals surface area contributed by atoms with Crippen molar-refractivity contribution in [2.45, 2.75) is 24.0 Å². The number of halogens is 4. The molecule has 21 heavy (non-hydrogen) atoms. The van der Waals surface area contributed by atoms with Crippen LogP contribution in [0.2, 0.25) is 4.34 Å². The van der Waals surface area contributed by atoms with Gasteiger partial charge in [0.05, 0.1) is 10.1 Å². The summed E-state index contributed by atoms with van der Waals surface area (Å²) in [6, 6.07) is 8.83. The van der Waals surface area contributed by atoms with Crippen molar-refractivity contribution in [1.82, 2.24) is 0 Å². The molecular weight excluding hydrogens is 339 g/mol. The molecule has 0 saturated carbocycles. The molecule has 0 aliphatic carbocycles. The predicted molar refractivity (Wildman–Crippen MR) is 84.6 cm³/mol. The van der Waals surface area contributed by atoms with Crippen LogP contribution in [0.25, 0.3) is 0 Å². The topological polar surface area (TPSA) is 12.0 Å². The van der Waals surface area contributed by atoms with Crippen LogP contribution in [0.3, 0.4) is 0 Å². The van der Waals surface area contributed by atoms with E-state index in [0.29, 0.717) is 14.9 Å². The summed E-state index contributed by atoms with van der Waals surface area (Å²) in [5.41, 5.74) is 1.71. The molecule has 0 aliphatic heterocycles. The second-order valence-electron chi connectivity index (χ2n) is 4.45. The van der Waals surface area contributed by atoms with Crippen molar-refractivity contribution in [3.05, 3.63) is 45.6 Å². The third-order valence-corrected chi connectivity index (χ3v) is 4.99. The van der Waals surface area contributed by atoms with E-state index in [9.17, 15) is 13.2 Å². The second-order valence-corrected chi connectivity index (χ2v) is 7.01. The standard InChI is InChI=1S/C14H13ClF3NS2/c1-9(10-6-13(15)20-7-10)19-11-4-2-3-5-12(11)21-8-14(16,17)18/h2-7,9,19H,8H2,1H3. The highest BCUT2D eigenvalue weighted by molar-refractivity contribution is 7.99. The molecule has 114 valence electrons. The Bertz CT molecular complexity index is 598. The van der Waals surface area contributed by atoms with Gasteiger partial charge in [0.25, 0.3) is 0 Å². The van der Waals surface area contributed by atoms with Crippen molar-refractivity contribution in [2.75, 3.05) is 11.1 Å². The summed E-state index contributed by atoms with van der Waals surface area (Å²) >= 11 is 8.12. The van der Waals surface area contributed by atoms with E-state index in [4.69, 9.17) is 11.6 Å². The number of nitrogens with one attached hydrogen (secondary N) is 1. The van der Waals surface area contributed by atoms with Crippen molar-refractivity contribution in [1.29, 1.82) is 0 Å². The molecule has 2 aromatic rings. The molecule has 2 rings (SSSR count). The zero-order valence-electron chi connectivity index (χ0n) is 11.1. The van der Waals surface area contributed by atoms with E-state index in [2.05, 4.69) is 5.32 Å². The van der Waals surface area contributed by atoms with E-state index in [1.165, 1.54) is 11.3 Å². The first-order chi connectivity index (χ1) is 9.85. The Balaban J connectivity index is 2.09. The zero-order chi connectivity index (χ0) is 15.5. The molecule has 0 spiro atoms. The lowest BCUT2D eigenvalue weighted by atomic mass is 10.1. The van der Waals surface area contributed by atoms with Gasteiger partial charge in [-0.2, -0.15) is 13.2 Å². The van der Waals surface area contributed by atoms with E-state index in [0.717, 1.165) is 17.3 Å². The second kappa shape index (κ2) is 6.94. The number of benzene rings is 1. The predicted octanol–water partition coefficient (Wildman–Crippen LogP) is 6.23. The van der Waals surface area contributed by atoms with Crippen molar-refractivity contribution in [3.8, 4) is 0 Å². The van der Waals surface area contributed by atoms with Crippen LogP contribution in [0.4, 0.5) is 18.9 Å². The lowest BCUT2D eigenvalue weighted by Crippen LogP contribution is -2.11. The monoisotopic (exact) mass is 351 g/mol. The maximum atomic E-state index is 12.3. The molecule has 0 bridgehead atoms. The third kappa shape index (κ3) is 5.13. The van der Waals surface area contributed by atoms with Gasteiger partial charge in [0.2, 0.25) is 0 Å². The minimum Gasteiger partial charge on any atom is -0.378 e. The van der Waals surface area contributed by atoms with Gasteiger partial charge in [0.1, 0.15) is 0 Å². The Morgan fingerprint density at radius 1 is 1.33 bits per heavy atom. The molecule has 1 N–H and O–H groups in total. The molecule has 0 saturated heterocycles. The number of thiophene rings is 1. The first-order valence-electron chi connectivity index (χ1n) is 6.14. The number of hydrogen-bond acceptors (Lipinski definition) is 3. The van der Waals surface area contributed by atoms with Crippen LogP contribution in [0, 0.1) is 0 Å². The maximum Gasteiger partial charge on any atom is 0.398 e. The average molecular weight is 352 g/mol. The van der Waals surface area contributed by atoms with Crippen molar-refractivity contribution in [3.63, 3.8) is 0 Å². The molecule has 7 heteroatoms. The fourth-order valence-electron chi connectivity index (χ4n) is 1.74. The number of thioether (sulfide) groups is 1. The van der Waals surface area contributed by atoms with Crippen molar-refractivity contribution < 1.29 is 13.2 Å². The summed E-state index contributed by atoms with van der Waals surface area (Å²) in [4.78, 5) is 0.586. The van der Waals surface area contributed by atoms with Gasteiger partial charge in [-0.05, 0) is 36.1 Å². The Morgan fingerprint density at radius 3 is 2.67 bits per heavy atom. The molecule has 1 aromatic carbocycles. The third-order valence-electron chi connectivity index (χ3n) is 2.74. The van der Waals surface area contributed by atoms with E-state index in [1.807, 2.05) is 18.4 Å². The van der Waals surface area contributed by atoms with E-state index in [1.54, 1.807) is 24.3 Å². The van der Waals surface area contributed by atoms with Gasteiger partial charge < -0.3 is 5.32 Å². The summed E-state index contributed by atoms with van der Waals surface area (Å²) in [6.45, 7) is 1.95. The highest BCUT2D eigenvalue weighted by Crippen LogP contribution is 2.34. The number of rotatable bonds is 5. The van der Waals surface area contributed by atoms with E-state index < -0.39 is 11.9 Å². The molecule has 1 heterocycles. The Morgan fingerprint density at radius 2 is 2.05 bits per heavy atom. The molecule has 0 radical (unpaired) electrons. The number of hydrogen-bond donors (Lipinski definition) is 1. The highest BCUT2D eigenvalue weighted by atomic mass is 35.5. The molecule has 0 aliphatic rings. The molecule has 0 amide bonds. The molecule has 1 atom stereocenters. The van der Waals surface area contributed by atoms with E-state index in [-0.39, 0.29) is 6.04 Å². The average Bonchev–Trinajstić information content (AvgIpc) is 2.83. The van der Waals surface area contributed by atoms with Crippen LogP contribution >= 0.6 is 34.7 Å². The largest absolute Gasteiger partial charge is 0.398 e. The van der Waals surface area contributed by atoms with Crippen LogP contribution in [0.1, 0.15) is 18.5 Å². The van der Waals surface area contributed by atoms with Crippen LogP contribution in [0.15, 0.2) is 40.6 Å². The Hall–Kier alpha value is -0.850. The number of anilines is 1. The Labute approximate surface area is 134 Å². The van der Waals surface area contributed by atoms with Crippen molar-refractivity contribution >= 4 is 40.4 Å². The summed E-state index contributed by atoms with van der Waals surface area (Å²) in [5, 5.41) is 5.17. The summed E-state index contributed by atoms with van der Waals surface area (Å²) in [7, 11) is 0. The van der Waals surface area contributed by atoms with Crippen molar-refractivity contribution in [2.24, 2.45) is 0 Å². The molecule has 1 nitrogen and oxygen atoms in total. The number of para-hydroxylation sites is 1. The molecule has 1 unspecified atom stereocenters. The van der Waals surface area contributed by atoms with Gasteiger partial charge in [-0.1, -0.05) is 23.7 Å². The molecule has 1 aromatic heterocycles. The fraction of sp³-hybridized carbons (Fsp3) is 0.286. The zero-order valence-corrected chi connectivity index (χ0v) is 13.5. The maximum absolute atomic E-state index is 12.3. The first kappa shape index (κ1) is 16.5. The van der Waals surface area contributed by atoms with Gasteiger partial charge in [0, 0.05) is 16.6 Å². The van der Waals surface area contributed by atoms with Gasteiger partial charge in [0.15, 0.2) is 0 Å². The quantitative estimate of drug-likeness (QED) is 0.641. The summed E-state index contributed by atoms with van der Waals surface area (Å²) < 4.78 is 37.7. The molecule has 0 fully saturated rings. The van der Waals surface area contributed by atoms with Gasteiger partial charge in [-0.3, -0.25) is 0 Å². The van der Waals surface area contributed by atoms with Gasteiger partial charge in [-0.15, -0.1) is 23.1 Å². The smallest absolute Gasteiger partial charge is 0.378 e. The van der Waals surface area contributed by atoms with Crippen LogP contribution < -0.4 is 5.32 Å². The SMILES string of the molecule is CC(Nc1ccccc1SCC(F)(F)F)c1csc(Cl)c1. The van der Waals surface area contributed by atoms with Crippen LogP contribution in [-0.4, -0.2) is 11.9 Å². The summed E-state index contributed by atoms with van der Waals surface area (Å²) in [5.74, 6) is -0.898. The fourth-order valence-corrected chi connectivity index (χ4v) is 3.50. The lowest BCUT2D eigenvalue weighted by Gasteiger charge is -2.17. The minimum atomic E-state index is -4.18. The molecular formula is C14H13ClF3NS2. The van der Waals surface area contributed by atoms with E-state index >= 15 is 0 Å². The Kier molecular flexibility index (Phi) is 5.46. The lowest BCUT2D eigenvalue weighted by molar-refractivity contribution is -0.105. The van der Waals surface area contributed by atoms with Gasteiger partial charge in [-0.25, -0.2) is 0 Å². The highest BCUT2D eigenvalue weighted by Gasteiger charge is 2.27. The van der Waals surface area contributed by atoms with Crippen LogP contribution in [-0.2, 0) is 0 Å². The first-order valence-corrected chi connectivity index (χ1v) is 8.38. The van der Waals surface area contributed by atoms with Gasteiger partial charge >= 0.3 is 6.18 Å². The van der Waals surface area contributed by atoms with Crippen LogP contribution in [0.5, 0.6) is 0 Å². The number of alkyl halides is 3. The normalized spacial score (nSPS) is 13.2. The minimum absolute atomic E-state index is 0.0265. The summed E-state index contributed by atoms with van der Waals surface area (Å²) in [6.07, 6.45) is -4.18.